The van der Waals surface area contributed by atoms with Crippen LogP contribution in [0.15, 0.2) is 47.1 Å². The molecule has 2 aliphatic rings. The first-order valence-electron chi connectivity index (χ1n) is 9.10. The normalized spacial score (nSPS) is 17.8. The number of amides is 2. The summed E-state index contributed by atoms with van der Waals surface area (Å²) in [6, 6.07) is 11.7. The third-order valence-electron chi connectivity index (χ3n) is 5.23. The van der Waals surface area contributed by atoms with Crippen molar-refractivity contribution in [2.45, 2.75) is 13.0 Å². The van der Waals surface area contributed by atoms with E-state index in [0.29, 0.717) is 45.0 Å². The largest absolute Gasteiger partial charge is 0.459 e. The Morgan fingerprint density at radius 3 is 2.38 bits per heavy atom. The summed E-state index contributed by atoms with van der Waals surface area (Å²) < 4.78 is 5.18. The van der Waals surface area contributed by atoms with Crippen LogP contribution in [0.1, 0.15) is 21.7 Å². The summed E-state index contributed by atoms with van der Waals surface area (Å²) in [6.07, 6.45) is 2.44. The molecule has 2 aliphatic heterocycles. The lowest BCUT2D eigenvalue weighted by atomic mass is 10.00. The Balaban J connectivity index is 1.28. The Kier molecular flexibility index (Phi) is 4.75. The van der Waals surface area contributed by atoms with Gasteiger partial charge in [0, 0.05) is 39.3 Å². The number of fused-ring (bicyclic) bond motifs is 1. The maximum atomic E-state index is 12.7. The minimum Gasteiger partial charge on any atom is -0.459 e. The first-order chi connectivity index (χ1) is 12.7. The molecule has 6 heteroatoms. The topological polar surface area (TPSA) is 57.0 Å². The zero-order valence-corrected chi connectivity index (χ0v) is 14.8. The molecule has 2 amide bonds. The predicted molar refractivity (Wildman–Crippen MR) is 96.6 cm³/mol. The lowest BCUT2D eigenvalue weighted by Gasteiger charge is -2.36. The van der Waals surface area contributed by atoms with Crippen molar-refractivity contribution in [2.24, 2.45) is 0 Å². The first-order valence-corrected chi connectivity index (χ1v) is 9.10. The molecule has 3 heterocycles. The fourth-order valence-corrected chi connectivity index (χ4v) is 3.67. The Hall–Kier alpha value is -2.60. The van der Waals surface area contributed by atoms with Gasteiger partial charge in [0.25, 0.3) is 5.91 Å². The number of rotatable bonds is 3. The van der Waals surface area contributed by atoms with Crippen molar-refractivity contribution in [3.05, 3.63) is 59.5 Å². The third-order valence-corrected chi connectivity index (χ3v) is 5.23. The molecule has 0 atom stereocenters. The monoisotopic (exact) mass is 353 g/mol. The molecule has 26 heavy (non-hydrogen) atoms. The number of carbonyl (C=O) groups excluding carboxylic acids is 2. The minimum absolute atomic E-state index is 0.0754. The van der Waals surface area contributed by atoms with Crippen molar-refractivity contribution in [3.63, 3.8) is 0 Å². The van der Waals surface area contributed by atoms with Gasteiger partial charge in [-0.25, -0.2) is 0 Å². The molecule has 6 nitrogen and oxygen atoms in total. The number of hydrogen-bond acceptors (Lipinski definition) is 4. The number of benzene rings is 1. The molecule has 0 saturated carbocycles. The Bertz CT molecular complexity index is 779. The number of hydrogen-bond donors (Lipinski definition) is 0. The van der Waals surface area contributed by atoms with Gasteiger partial charge in [-0.05, 0) is 29.7 Å². The summed E-state index contributed by atoms with van der Waals surface area (Å²) in [5.74, 6) is 0.473. The van der Waals surface area contributed by atoms with Crippen LogP contribution in [0.4, 0.5) is 0 Å². The summed E-state index contributed by atoms with van der Waals surface area (Å²) in [6.45, 7) is 4.57. The summed E-state index contributed by atoms with van der Waals surface area (Å²) in [7, 11) is 0. The van der Waals surface area contributed by atoms with Gasteiger partial charge in [-0.15, -0.1) is 0 Å². The predicted octanol–water partition coefficient (Wildman–Crippen LogP) is 1.62. The smallest absolute Gasteiger partial charge is 0.289 e. The molecule has 0 N–H and O–H groups in total. The van der Waals surface area contributed by atoms with E-state index in [1.807, 2.05) is 11.0 Å². The second-order valence-corrected chi connectivity index (χ2v) is 6.88. The van der Waals surface area contributed by atoms with Crippen LogP contribution in [0, 0.1) is 0 Å². The molecule has 0 unspecified atom stereocenters. The van der Waals surface area contributed by atoms with Gasteiger partial charge in [-0.3, -0.25) is 14.5 Å². The van der Waals surface area contributed by atoms with Crippen molar-refractivity contribution in [3.8, 4) is 0 Å². The van der Waals surface area contributed by atoms with E-state index in [2.05, 4.69) is 23.1 Å². The zero-order valence-electron chi connectivity index (χ0n) is 14.8. The average molecular weight is 353 g/mol. The van der Waals surface area contributed by atoms with Crippen LogP contribution in [0.5, 0.6) is 0 Å². The van der Waals surface area contributed by atoms with E-state index in [-0.39, 0.29) is 11.8 Å². The highest BCUT2D eigenvalue weighted by Crippen LogP contribution is 2.19. The number of nitrogens with zero attached hydrogens (tertiary/aromatic N) is 3. The van der Waals surface area contributed by atoms with E-state index in [0.717, 1.165) is 13.0 Å². The Morgan fingerprint density at radius 2 is 1.65 bits per heavy atom. The highest BCUT2D eigenvalue weighted by Gasteiger charge is 2.27. The molecule has 1 aromatic heterocycles. The lowest BCUT2D eigenvalue weighted by molar-refractivity contribution is -0.133. The average Bonchev–Trinajstić information content (AvgIpc) is 3.22. The highest BCUT2D eigenvalue weighted by molar-refractivity contribution is 5.91. The number of piperazine rings is 1. The molecule has 2 aromatic rings. The molecular formula is C20H23N3O3. The molecular weight excluding hydrogens is 330 g/mol. The van der Waals surface area contributed by atoms with Gasteiger partial charge in [0.1, 0.15) is 0 Å². The van der Waals surface area contributed by atoms with Crippen LogP contribution in [0.25, 0.3) is 0 Å². The van der Waals surface area contributed by atoms with Crippen LogP contribution in [0.2, 0.25) is 0 Å². The van der Waals surface area contributed by atoms with Crippen molar-refractivity contribution >= 4 is 11.8 Å². The lowest BCUT2D eigenvalue weighted by Crippen LogP contribution is -2.51. The molecule has 1 aromatic carbocycles. The van der Waals surface area contributed by atoms with Gasteiger partial charge in [-0.1, -0.05) is 24.3 Å². The molecule has 0 radical (unpaired) electrons. The van der Waals surface area contributed by atoms with E-state index in [9.17, 15) is 9.59 Å². The van der Waals surface area contributed by atoms with Gasteiger partial charge < -0.3 is 14.2 Å². The molecule has 0 bridgehead atoms. The Morgan fingerprint density at radius 1 is 0.885 bits per heavy atom. The molecule has 0 spiro atoms. The third kappa shape index (κ3) is 3.51. The van der Waals surface area contributed by atoms with E-state index >= 15 is 0 Å². The van der Waals surface area contributed by atoms with Gasteiger partial charge in [0.05, 0.1) is 12.8 Å². The number of carbonyl (C=O) groups is 2. The maximum Gasteiger partial charge on any atom is 0.289 e. The van der Waals surface area contributed by atoms with Gasteiger partial charge in [0.15, 0.2) is 5.76 Å². The van der Waals surface area contributed by atoms with Gasteiger partial charge >= 0.3 is 0 Å². The van der Waals surface area contributed by atoms with Crippen molar-refractivity contribution < 1.29 is 14.0 Å². The van der Waals surface area contributed by atoms with Crippen molar-refractivity contribution in [2.75, 3.05) is 39.3 Å². The second-order valence-electron chi connectivity index (χ2n) is 6.88. The summed E-state index contributed by atoms with van der Waals surface area (Å²) in [5, 5.41) is 0. The van der Waals surface area contributed by atoms with Crippen LogP contribution in [-0.2, 0) is 17.8 Å². The number of furan rings is 1. The fourth-order valence-electron chi connectivity index (χ4n) is 3.67. The van der Waals surface area contributed by atoms with Crippen molar-refractivity contribution in [1.29, 1.82) is 0 Å². The molecule has 1 fully saturated rings. The van der Waals surface area contributed by atoms with E-state index in [1.54, 1.807) is 17.0 Å². The van der Waals surface area contributed by atoms with Gasteiger partial charge in [0.2, 0.25) is 5.91 Å². The van der Waals surface area contributed by atoms with Crippen LogP contribution < -0.4 is 0 Å². The molecule has 136 valence electrons. The van der Waals surface area contributed by atoms with Crippen LogP contribution in [-0.4, -0.2) is 65.8 Å². The SMILES string of the molecule is O=C(CN1CCN(C(=O)c2ccco2)CC1)N1CCc2ccccc2C1. The summed E-state index contributed by atoms with van der Waals surface area (Å²) in [5.41, 5.74) is 2.60. The highest BCUT2D eigenvalue weighted by atomic mass is 16.3. The Labute approximate surface area is 153 Å². The molecule has 1 saturated heterocycles. The van der Waals surface area contributed by atoms with E-state index in [4.69, 9.17) is 4.42 Å². The van der Waals surface area contributed by atoms with E-state index < -0.39 is 0 Å². The van der Waals surface area contributed by atoms with Gasteiger partial charge in [-0.2, -0.15) is 0 Å². The van der Waals surface area contributed by atoms with Crippen LogP contribution >= 0.6 is 0 Å². The zero-order chi connectivity index (χ0) is 17.9. The van der Waals surface area contributed by atoms with E-state index in [1.165, 1.54) is 17.4 Å². The fraction of sp³-hybridized carbons (Fsp3) is 0.400. The summed E-state index contributed by atoms with van der Waals surface area (Å²) in [4.78, 5) is 30.8. The quantitative estimate of drug-likeness (QED) is 0.841. The standard InChI is InChI=1S/C20H23N3O3/c24-19(23-8-7-16-4-1-2-5-17(16)14-23)15-21-9-11-22(12-10-21)20(25)18-6-3-13-26-18/h1-6,13H,7-12,14-15H2. The first kappa shape index (κ1) is 16.8. The second kappa shape index (κ2) is 7.33. The van der Waals surface area contributed by atoms with Crippen molar-refractivity contribution in [1.82, 2.24) is 14.7 Å². The van der Waals surface area contributed by atoms with Crippen LogP contribution in [0.3, 0.4) is 0 Å². The molecule has 4 rings (SSSR count). The molecule has 0 aliphatic carbocycles. The minimum atomic E-state index is -0.0754. The summed E-state index contributed by atoms with van der Waals surface area (Å²) >= 11 is 0. The maximum absolute atomic E-state index is 12.7.